The van der Waals surface area contributed by atoms with Crippen molar-refractivity contribution in [2.45, 2.75) is 25.8 Å². The van der Waals surface area contributed by atoms with Crippen molar-refractivity contribution < 1.29 is 14.7 Å². The van der Waals surface area contributed by atoms with E-state index in [0.717, 1.165) is 19.5 Å². The molecule has 1 aliphatic heterocycles. The molecule has 6 heteroatoms. The number of urea groups is 1. The Labute approximate surface area is 108 Å². The van der Waals surface area contributed by atoms with Crippen LogP contribution < -0.4 is 0 Å². The van der Waals surface area contributed by atoms with Gasteiger partial charge in [0.1, 0.15) is 6.04 Å². The summed E-state index contributed by atoms with van der Waals surface area (Å²) >= 11 is 0. The van der Waals surface area contributed by atoms with E-state index in [9.17, 15) is 9.59 Å². The fraction of sp³-hybridized carbons (Fsp3) is 0.833. The number of hydrogen-bond donors (Lipinski definition) is 1. The molecule has 1 saturated heterocycles. The number of carboxylic acid groups (broad SMARTS) is 1. The van der Waals surface area contributed by atoms with Crippen molar-refractivity contribution in [2.75, 3.05) is 40.3 Å². The molecule has 104 valence electrons. The topological polar surface area (TPSA) is 64.1 Å². The molecule has 0 saturated carbocycles. The molecule has 1 atom stereocenters. The average Bonchev–Trinajstić information content (AvgIpc) is 2.53. The second-order valence-electron chi connectivity index (χ2n) is 4.80. The Morgan fingerprint density at radius 3 is 2.50 bits per heavy atom. The lowest BCUT2D eigenvalue weighted by Gasteiger charge is -2.30. The predicted molar refractivity (Wildman–Crippen MR) is 68.6 cm³/mol. The lowest BCUT2D eigenvalue weighted by Crippen LogP contribution is -2.49. The lowest BCUT2D eigenvalue weighted by molar-refractivity contribution is -0.142. The fourth-order valence-electron chi connectivity index (χ4n) is 2.21. The molecule has 18 heavy (non-hydrogen) atoms. The summed E-state index contributed by atoms with van der Waals surface area (Å²) in [5.41, 5.74) is 0. The van der Waals surface area contributed by atoms with Crippen LogP contribution in [0.25, 0.3) is 0 Å². The maximum Gasteiger partial charge on any atom is 0.326 e. The van der Waals surface area contributed by atoms with Crippen LogP contribution in [0, 0.1) is 0 Å². The van der Waals surface area contributed by atoms with E-state index in [1.807, 2.05) is 7.05 Å². The van der Waals surface area contributed by atoms with Crippen LogP contribution in [0.4, 0.5) is 4.79 Å². The third-order valence-corrected chi connectivity index (χ3v) is 3.43. The van der Waals surface area contributed by atoms with E-state index >= 15 is 0 Å². The smallest absolute Gasteiger partial charge is 0.326 e. The van der Waals surface area contributed by atoms with Gasteiger partial charge in [0.05, 0.1) is 0 Å². The summed E-state index contributed by atoms with van der Waals surface area (Å²) < 4.78 is 0. The zero-order valence-electron chi connectivity index (χ0n) is 11.4. The molecule has 0 radical (unpaired) electrons. The highest BCUT2D eigenvalue weighted by molar-refractivity contribution is 5.82. The molecule has 0 aromatic rings. The molecule has 1 fully saturated rings. The quantitative estimate of drug-likeness (QED) is 0.801. The highest BCUT2D eigenvalue weighted by Gasteiger charge is 2.28. The Hall–Kier alpha value is -1.30. The molecule has 0 aromatic heterocycles. The number of carbonyl (C=O) groups is 2. The number of carboxylic acids is 1. The largest absolute Gasteiger partial charge is 0.480 e. The number of likely N-dealkylation sites (N-methyl/N-ethyl adjacent to an activating group) is 2. The van der Waals surface area contributed by atoms with Gasteiger partial charge in [0.25, 0.3) is 0 Å². The summed E-state index contributed by atoms with van der Waals surface area (Å²) in [7, 11) is 3.60. The first-order valence-corrected chi connectivity index (χ1v) is 6.40. The molecule has 0 spiro atoms. The Bertz CT molecular complexity index is 309. The molecule has 1 N–H and O–H groups in total. The van der Waals surface area contributed by atoms with Crippen molar-refractivity contribution in [1.82, 2.24) is 14.7 Å². The summed E-state index contributed by atoms with van der Waals surface area (Å²) in [6, 6.07) is -0.918. The van der Waals surface area contributed by atoms with Gasteiger partial charge in [-0.2, -0.15) is 0 Å². The summed E-state index contributed by atoms with van der Waals surface area (Å²) in [5, 5.41) is 9.07. The molecular formula is C12H23N3O3. The van der Waals surface area contributed by atoms with Gasteiger partial charge in [-0.3, -0.25) is 0 Å². The van der Waals surface area contributed by atoms with E-state index in [1.54, 1.807) is 18.9 Å². The molecule has 1 heterocycles. The third-order valence-electron chi connectivity index (χ3n) is 3.43. The van der Waals surface area contributed by atoms with E-state index in [2.05, 4.69) is 4.90 Å². The molecular weight excluding hydrogens is 234 g/mol. The second-order valence-corrected chi connectivity index (χ2v) is 4.80. The van der Waals surface area contributed by atoms with E-state index in [-0.39, 0.29) is 6.03 Å². The Balaban J connectivity index is 2.64. The van der Waals surface area contributed by atoms with Crippen LogP contribution in [-0.2, 0) is 4.79 Å². The van der Waals surface area contributed by atoms with Crippen LogP contribution in [-0.4, -0.2) is 78.1 Å². The van der Waals surface area contributed by atoms with Gasteiger partial charge in [0.15, 0.2) is 0 Å². The Morgan fingerprint density at radius 1 is 1.28 bits per heavy atom. The van der Waals surface area contributed by atoms with Crippen molar-refractivity contribution in [3.63, 3.8) is 0 Å². The summed E-state index contributed by atoms with van der Waals surface area (Å²) in [4.78, 5) is 28.6. The average molecular weight is 257 g/mol. The van der Waals surface area contributed by atoms with Gasteiger partial charge in [-0.1, -0.05) is 6.92 Å². The van der Waals surface area contributed by atoms with E-state index in [4.69, 9.17) is 5.11 Å². The van der Waals surface area contributed by atoms with Crippen molar-refractivity contribution in [3.05, 3.63) is 0 Å². The minimum Gasteiger partial charge on any atom is -0.480 e. The number of nitrogens with zero attached hydrogens (tertiary/aromatic N) is 3. The van der Waals surface area contributed by atoms with E-state index in [0.29, 0.717) is 19.5 Å². The van der Waals surface area contributed by atoms with Crippen LogP contribution in [0.1, 0.15) is 19.8 Å². The van der Waals surface area contributed by atoms with Gasteiger partial charge in [-0.25, -0.2) is 9.59 Å². The van der Waals surface area contributed by atoms with E-state index in [1.165, 1.54) is 4.90 Å². The SMILES string of the molecule is CCC(C(=O)O)N(C)C(=O)N1CCCN(C)CC1. The van der Waals surface area contributed by atoms with Gasteiger partial charge < -0.3 is 19.8 Å². The molecule has 1 aliphatic rings. The number of rotatable bonds is 3. The van der Waals surface area contributed by atoms with Crippen molar-refractivity contribution >= 4 is 12.0 Å². The maximum atomic E-state index is 12.2. The number of amides is 2. The van der Waals surface area contributed by atoms with Crippen molar-refractivity contribution in [3.8, 4) is 0 Å². The first kappa shape index (κ1) is 14.8. The van der Waals surface area contributed by atoms with Gasteiger partial charge in [-0.15, -0.1) is 0 Å². The van der Waals surface area contributed by atoms with Gasteiger partial charge in [-0.05, 0) is 26.4 Å². The van der Waals surface area contributed by atoms with Crippen LogP contribution in [0.5, 0.6) is 0 Å². The molecule has 2 amide bonds. The van der Waals surface area contributed by atoms with E-state index < -0.39 is 12.0 Å². The zero-order valence-corrected chi connectivity index (χ0v) is 11.4. The predicted octanol–water partition coefficient (Wildman–Crippen LogP) is 0.539. The van der Waals surface area contributed by atoms with Gasteiger partial charge in [0.2, 0.25) is 0 Å². The Kier molecular flexibility index (Phi) is 5.40. The molecule has 0 bridgehead atoms. The van der Waals surface area contributed by atoms with Crippen LogP contribution in [0.15, 0.2) is 0 Å². The first-order valence-electron chi connectivity index (χ1n) is 6.40. The minimum absolute atomic E-state index is 0.181. The van der Waals surface area contributed by atoms with Gasteiger partial charge in [0, 0.05) is 26.7 Å². The molecule has 6 nitrogen and oxygen atoms in total. The molecule has 1 unspecified atom stereocenters. The van der Waals surface area contributed by atoms with Crippen molar-refractivity contribution in [1.29, 1.82) is 0 Å². The summed E-state index contributed by atoms with van der Waals surface area (Å²) in [6.45, 7) is 4.95. The van der Waals surface area contributed by atoms with Crippen LogP contribution in [0.2, 0.25) is 0 Å². The number of hydrogen-bond acceptors (Lipinski definition) is 3. The molecule has 0 aromatic carbocycles. The highest BCUT2D eigenvalue weighted by atomic mass is 16.4. The van der Waals surface area contributed by atoms with Crippen LogP contribution >= 0.6 is 0 Å². The third kappa shape index (κ3) is 3.60. The first-order chi connectivity index (χ1) is 8.47. The maximum absolute atomic E-state index is 12.2. The normalized spacial score (nSPS) is 19.2. The summed E-state index contributed by atoms with van der Waals surface area (Å²) in [6.07, 6.45) is 1.35. The zero-order chi connectivity index (χ0) is 13.7. The van der Waals surface area contributed by atoms with Crippen LogP contribution in [0.3, 0.4) is 0 Å². The highest BCUT2D eigenvalue weighted by Crippen LogP contribution is 2.09. The lowest BCUT2D eigenvalue weighted by atomic mass is 10.2. The van der Waals surface area contributed by atoms with Gasteiger partial charge >= 0.3 is 12.0 Å². The number of carbonyl (C=O) groups excluding carboxylic acids is 1. The fourth-order valence-corrected chi connectivity index (χ4v) is 2.21. The Morgan fingerprint density at radius 2 is 1.94 bits per heavy atom. The summed E-state index contributed by atoms with van der Waals surface area (Å²) in [5.74, 6) is -0.944. The van der Waals surface area contributed by atoms with Crippen molar-refractivity contribution in [2.24, 2.45) is 0 Å². The molecule has 0 aliphatic carbocycles. The second kappa shape index (κ2) is 6.58. The standard InChI is InChI=1S/C12H23N3O3/c1-4-10(11(16)17)14(3)12(18)15-7-5-6-13(2)8-9-15/h10H,4-9H2,1-3H3,(H,16,17). The minimum atomic E-state index is -0.944. The number of aliphatic carboxylic acids is 1. The monoisotopic (exact) mass is 257 g/mol. The molecule has 1 rings (SSSR count).